The first-order chi connectivity index (χ1) is 11.9. The van der Waals surface area contributed by atoms with Crippen molar-refractivity contribution in [1.29, 1.82) is 0 Å². The van der Waals surface area contributed by atoms with Gasteiger partial charge in [-0.3, -0.25) is 10.1 Å². The number of benzene rings is 2. The summed E-state index contributed by atoms with van der Waals surface area (Å²) in [4.78, 5) is 12.2. The summed E-state index contributed by atoms with van der Waals surface area (Å²) in [5.41, 5.74) is 6.36. The van der Waals surface area contributed by atoms with Gasteiger partial charge in [-0.1, -0.05) is 41.0 Å². The summed E-state index contributed by atoms with van der Waals surface area (Å²) >= 11 is 0. The van der Waals surface area contributed by atoms with Crippen LogP contribution in [0.3, 0.4) is 0 Å². The molecular formula is C20H21N3O2. The van der Waals surface area contributed by atoms with Crippen LogP contribution in [0.2, 0.25) is 0 Å². The highest BCUT2D eigenvalue weighted by Gasteiger charge is 2.13. The van der Waals surface area contributed by atoms with Crippen LogP contribution in [0.4, 0.5) is 6.01 Å². The monoisotopic (exact) mass is 335 g/mol. The quantitative estimate of drug-likeness (QED) is 0.777. The molecule has 1 aromatic heterocycles. The maximum atomic E-state index is 12.2. The molecule has 0 spiro atoms. The second-order valence-electron chi connectivity index (χ2n) is 6.37. The number of carbonyl (C=O) groups is 1. The number of amides is 1. The molecule has 3 aromatic rings. The summed E-state index contributed by atoms with van der Waals surface area (Å²) in [6.07, 6.45) is 0.266. The van der Waals surface area contributed by atoms with Crippen LogP contribution in [0.5, 0.6) is 0 Å². The van der Waals surface area contributed by atoms with Gasteiger partial charge >= 0.3 is 6.01 Å². The average Bonchev–Trinajstić information content (AvgIpc) is 3.01. The van der Waals surface area contributed by atoms with Gasteiger partial charge in [0.2, 0.25) is 11.8 Å². The van der Waals surface area contributed by atoms with Gasteiger partial charge in [0.15, 0.2) is 0 Å². The third kappa shape index (κ3) is 3.94. The van der Waals surface area contributed by atoms with Crippen molar-refractivity contribution in [3.63, 3.8) is 0 Å². The summed E-state index contributed by atoms with van der Waals surface area (Å²) in [5.74, 6) is 0.224. The van der Waals surface area contributed by atoms with Gasteiger partial charge in [-0.2, -0.15) is 0 Å². The molecule has 128 valence electrons. The molecule has 2 aromatic carbocycles. The molecule has 5 heteroatoms. The highest BCUT2D eigenvalue weighted by molar-refractivity contribution is 5.90. The van der Waals surface area contributed by atoms with Gasteiger partial charge in [0, 0.05) is 5.56 Å². The molecule has 0 radical (unpaired) electrons. The fourth-order valence-corrected chi connectivity index (χ4v) is 2.61. The summed E-state index contributed by atoms with van der Waals surface area (Å²) in [7, 11) is 0. The summed E-state index contributed by atoms with van der Waals surface area (Å²) in [5, 5.41) is 10.6. The van der Waals surface area contributed by atoms with E-state index in [1.165, 1.54) is 11.1 Å². The van der Waals surface area contributed by atoms with Crippen LogP contribution in [0.25, 0.3) is 11.5 Å². The Kier molecular flexibility index (Phi) is 4.65. The van der Waals surface area contributed by atoms with E-state index in [2.05, 4.69) is 15.5 Å². The predicted molar refractivity (Wildman–Crippen MR) is 97.5 cm³/mol. The van der Waals surface area contributed by atoms with Crippen molar-refractivity contribution in [3.05, 3.63) is 64.2 Å². The number of nitrogens with zero attached hydrogens (tertiary/aromatic N) is 2. The lowest BCUT2D eigenvalue weighted by Gasteiger charge is -2.05. The number of nitrogens with one attached hydrogen (secondary N) is 1. The molecule has 1 N–H and O–H groups in total. The van der Waals surface area contributed by atoms with Gasteiger partial charge in [-0.05, 0) is 56.0 Å². The van der Waals surface area contributed by atoms with Crippen molar-refractivity contribution >= 4 is 11.9 Å². The zero-order chi connectivity index (χ0) is 18.0. The van der Waals surface area contributed by atoms with Crippen LogP contribution in [0.15, 0.2) is 40.8 Å². The zero-order valence-corrected chi connectivity index (χ0v) is 14.9. The van der Waals surface area contributed by atoms with Crippen LogP contribution >= 0.6 is 0 Å². The first-order valence-corrected chi connectivity index (χ1v) is 8.19. The zero-order valence-electron chi connectivity index (χ0n) is 14.9. The molecule has 0 fully saturated rings. The number of hydrogen-bond donors (Lipinski definition) is 1. The molecule has 1 heterocycles. The van der Waals surface area contributed by atoms with Crippen LogP contribution in [-0.4, -0.2) is 16.1 Å². The minimum Gasteiger partial charge on any atom is -0.403 e. The molecule has 0 bridgehead atoms. The lowest BCUT2D eigenvalue weighted by atomic mass is 10.0. The molecule has 0 unspecified atom stereocenters. The van der Waals surface area contributed by atoms with Gasteiger partial charge in [-0.15, -0.1) is 5.10 Å². The van der Waals surface area contributed by atoms with Crippen LogP contribution in [0, 0.1) is 27.7 Å². The van der Waals surface area contributed by atoms with Gasteiger partial charge in [-0.25, -0.2) is 0 Å². The Bertz CT molecular complexity index is 928. The number of hydrogen-bond acceptors (Lipinski definition) is 4. The molecule has 1 amide bonds. The fourth-order valence-electron chi connectivity index (χ4n) is 2.61. The first-order valence-electron chi connectivity index (χ1n) is 8.19. The molecule has 0 atom stereocenters. The number of aromatic nitrogens is 2. The maximum Gasteiger partial charge on any atom is 0.322 e. The number of aryl methyl sites for hydroxylation is 4. The van der Waals surface area contributed by atoms with Crippen LogP contribution < -0.4 is 5.32 Å². The summed E-state index contributed by atoms with van der Waals surface area (Å²) in [6, 6.07) is 12.1. The van der Waals surface area contributed by atoms with E-state index >= 15 is 0 Å². The Morgan fingerprint density at radius 2 is 1.72 bits per heavy atom. The van der Waals surface area contributed by atoms with Crippen molar-refractivity contribution < 1.29 is 9.21 Å². The summed E-state index contributed by atoms with van der Waals surface area (Å²) in [6.45, 7) is 8.07. The minimum absolute atomic E-state index is 0.115. The molecular weight excluding hydrogens is 314 g/mol. The molecule has 25 heavy (non-hydrogen) atoms. The Labute approximate surface area is 147 Å². The van der Waals surface area contributed by atoms with Crippen molar-refractivity contribution in [1.82, 2.24) is 10.2 Å². The van der Waals surface area contributed by atoms with Crippen molar-refractivity contribution in [2.24, 2.45) is 0 Å². The van der Waals surface area contributed by atoms with E-state index in [4.69, 9.17) is 4.42 Å². The van der Waals surface area contributed by atoms with E-state index in [-0.39, 0.29) is 18.3 Å². The van der Waals surface area contributed by atoms with Gasteiger partial charge in [0.05, 0.1) is 6.42 Å². The topological polar surface area (TPSA) is 68.0 Å². The lowest BCUT2D eigenvalue weighted by molar-refractivity contribution is -0.115. The first kappa shape index (κ1) is 16.9. The lowest BCUT2D eigenvalue weighted by Crippen LogP contribution is -2.14. The maximum absolute atomic E-state index is 12.2. The summed E-state index contributed by atoms with van der Waals surface area (Å²) < 4.78 is 5.60. The van der Waals surface area contributed by atoms with E-state index in [1.807, 2.05) is 64.1 Å². The smallest absolute Gasteiger partial charge is 0.322 e. The molecule has 0 saturated heterocycles. The normalized spacial score (nSPS) is 10.7. The van der Waals surface area contributed by atoms with E-state index < -0.39 is 0 Å². The Morgan fingerprint density at radius 3 is 2.48 bits per heavy atom. The molecule has 5 nitrogen and oxygen atoms in total. The Hall–Kier alpha value is -2.95. The van der Waals surface area contributed by atoms with Crippen molar-refractivity contribution in [2.45, 2.75) is 34.1 Å². The molecule has 0 aliphatic heterocycles. The van der Waals surface area contributed by atoms with Gasteiger partial charge in [0.1, 0.15) is 0 Å². The van der Waals surface area contributed by atoms with Crippen molar-refractivity contribution in [2.75, 3.05) is 5.32 Å². The highest BCUT2D eigenvalue weighted by atomic mass is 16.4. The average molecular weight is 335 g/mol. The van der Waals surface area contributed by atoms with E-state index in [0.717, 1.165) is 22.3 Å². The molecule has 0 saturated carbocycles. The standard InChI is InChI=1S/C20H21N3O2/c1-12-5-6-14(3)17(9-12)19-22-23-20(25-19)21-18(24)11-16-8-7-13(2)15(4)10-16/h5-10H,11H2,1-4H3,(H,21,23,24). The number of carbonyl (C=O) groups excluding carboxylic acids is 1. The van der Waals surface area contributed by atoms with Crippen molar-refractivity contribution in [3.8, 4) is 11.5 Å². The fraction of sp³-hybridized carbons (Fsp3) is 0.250. The third-order valence-electron chi connectivity index (χ3n) is 4.23. The van der Waals surface area contributed by atoms with Gasteiger partial charge in [0.25, 0.3) is 0 Å². The van der Waals surface area contributed by atoms with Crippen LogP contribution in [0.1, 0.15) is 27.8 Å². The molecule has 0 aliphatic carbocycles. The van der Waals surface area contributed by atoms with Crippen LogP contribution in [-0.2, 0) is 11.2 Å². The molecule has 0 aliphatic rings. The minimum atomic E-state index is -0.181. The second kappa shape index (κ2) is 6.89. The number of rotatable bonds is 4. The van der Waals surface area contributed by atoms with E-state index in [9.17, 15) is 4.79 Å². The molecule has 3 rings (SSSR count). The van der Waals surface area contributed by atoms with Gasteiger partial charge < -0.3 is 4.42 Å². The Morgan fingerprint density at radius 1 is 0.960 bits per heavy atom. The second-order valence-corrected chi connectivity index (χ2v) is 6.37. The van der Waals surface area contributed by atoms with E-state index in [1.54, 1.807) is 0 Å². The third-order valence-corrected chi connectivity index (χ3v) is 4.23. The SMILES string of the molecule is Cc1ccc(C)c(-c2nnc(NC(=O)Cc3ccc(C)c(C)c3)o2)c1. The number of anilines is 1. The highest BCUT2D eigenvalue weighted by Crippen LogP contribution is 2.24. The predicted octanol–water partition coefficient (Wildman–Crippen LogP) is 4.15. The van der Waals surface area contributed by atoms with E-state index in [0.29, 0.717) is 5.89 Å². The Balaban J connectivity index is 1.71. The largest absolute Gasteiger partial charge is 0.403 e.